The van der Waals surface area contributed by atoms with Crippen molar-refractivity contribution in [1.82, 2.24) is 0 Å². The van der Waals surface area contributed by atoms with Crippen molar-refractivity contribution in [2.45, 2.75) is 32.2 Å². The maximum atomic E-state index is 11.5. The van der Waals surface area contributed by atoms with Crippen molar-refractivity contribution in [3.05, 3.63) is 33.9 Å². The van der Waals surface area contributed by atoms with E-state index in [-0.39, 0.29) is 11.6 Å². The molecule has 0 aromatic heterocycles. The number of nitro groups is 1. The smallest absolute Gasteiger partial charge is 0.329 e. The quantitative estimate of drug-likeness (QED) is 0.629. The molecule has 1 saturated carbocycles. The molecule has 6 nitrogen and oxygen atoms in total. The van der Waals surface area contributed by atoms with Crippen molar-refractivity contribution in [2.75, 3.05) is 5.32 Å². The Balaban J connectivity index is 2.42. The zero-order chi connectivity index (χ0) is 14.2. The van der Waals surface area contributed by atoms with E-state index in [2.05, 4.69) is 5.32 Å². The lowest BCUT2D eigenvalue weighted by molar-refractivity contribution is -0.384. The molecule has 1 fully saturated rings. The van der Waals surface area contributed by atoms with E-state index in [4.69, 9.17) is 0 Å². The van der Waals surface area contributed by atoms with E-state index in [1.807, 2.05) is 0 Å². The average molecular weight is 264 g/mol. The normalized spacial score (nSPS) is 17.6. The minimum Gasteiger partial charge on any atom is -0.480 e. The molecular weight excluding hydrogens is 248 g/mol. The van der Waals surface area contributed by atoms with Crippen LogP contribution in [-0.4, -0.2) is 21.5 Å². The van der Waals surface area contributed by atoms with E-state index in [0.29, 0.717) is 11.3 Å². The van der Waals surface area contributed by atoms with Crippen LogP contribution in [0.25, 0.3) is 0 Å². The Morgan fingerprint density at radius 3 is 2.63 bits per heavy atom. The summed E-state index contributed by atoms with van der Waals surface area (Å²) in [6, 6.07) is 4.70. The molecule has 1 aliphatic rings. The summed E-state index contributed by atoms with van der Waals surface area (Å²) in [4.78, 5) is 22.0. The van der Waals surface area contributed by atoms with Crippen LogP contribution in [0.1, 0.15) is 25.3 Å². The predicted octanol–water partition coefficient (Wildman–Crippen LogP) is 2.57. The average Bonchev–Trinajstić information content (AvgIpc) is 3.15. The van der Waals surface area contributed by atoms with Crippen molar-refractivity contribution >= 4 is 17.3 Å². The third-order valence-electron chi connectivity index (χ3n) is 3.67. The second-order valence-electron chi connectivity index (χ2n) is 5.13. The Kier molecular flexibility index (Phi) is 3.18. The highest BCUT2D eigenvalue weighted by Gasteiger charge is 2.48. The third kappa shape index (κ3) is 2.38. The van der Waals surface area contributed by atoms with Crippen molar-refractivity contribution in [2.24, 2.45) is 5.92 Å². The van der Waals surface area contributed by atoms with Crippen LogP contribution in [0.15, 0.2) is 18.2 Å². The Hall–Kier alpha value is -2.11. The van der Waals surface area contributed by atoms with Crippen LogP contribution in [0.2, 0.25) is 0 Å². The lowest BCUT2D eigenvalue weighted by Crippen LogP contribution is -2.45. The molecule has 6 heteroatoms. The SMILES string of the molecule is Cc1cccc([N+](=O)[O-])c1NC(C)(C(=O)O)C1CC1. The number of hydrogen-bond donors (Lipinski definition) is 2. The molecule has 1 unspecified atom stereocenters. The fourth-order valence-corrected chi connectivity index (χ4v) is 2.22. The molecule has 1 aliphatic carbocycles. The minimum absolute atomic E-state index is 0.0178. The van der Waals surface area contributed by atoms with Gasteiger partial charge in [0.2, 0.25) is 0 Å². The zero-order valence-electron chi connectivity index (χ0n) is 10.8. The maximum absolute atomic E-state index is 11.5. The molecule has 2 rings (SSSR count). The number of benzene rings is 1. The fourth-order valence-electron chi connectivity index (χ4n) is 2.22. The zero-order valence-corrected chi connectivity index (χ0v) is 10.8. The summed E-state index contributed by atoms with van der Waals surface area (Å²) in [6.07, 6.45) is 1.66. The number of hydrogen-bond acceptors (Lipinski definition) is 4. The number of para-hydroxylation sites is 1. The number of carboxylic acid groups (broad SMARTS) is 1. The number of nitrogens with zero attached hydrogens (tertiary/aromatic N) is 1. The Bertz CT molecular complexity index is 539. The molecule has 0 aliphatic heterocycles. The second kappa shape index (κ2) is 4.53. The number of nitro benzene ring substituents is 1. The van der Waals surface area contributed by atoms with E-state index < -0.39 is 16.4 Å². The van der Waals surface area contributed by atoms with Gasteiger partial charge < -0.3 is 10.4 Å². The number of aliphatic carboxylic acids is 1. The lowest BCUT2D eigenvalue weighted by atomic mass is 9.94. The molecular formula is C13H16N2O4. The van der Waals surface area contributed by atoms with Gasteiger partial charge in [0.25, 0.3) is 5.69 Å². The first-order valence-corrected chi connectivity index (χ1v) is 6.12. The number of nitrogens with one attached hydrogen (secondary N) is 1. The Labute approximate surface area is 110 Å². The topological polar surface area (TPSA) is 92.5 Å². The van der Waals surface area contributed by atoms with Gasteiger partial charge in [0.1, 0.15) is 11.2 Å². The van der Waals surface area contributed by atoms with E-state index in [9.17, 15) is 20.0 Å². The molecule has 1 atom stereocenters. The van der Waals surface area contributed by atoms with Gasteiger partial charge in [-0.25, -0.2) is 4.79 Å². The highest BCUT2D eigenvalue weighted by atomic mass is 16.6. The summed E-state index contributed by atoms with van der Waals surface area (Å²) in [5.74, 6) is -0.961. The monoisotopic (exact) mass is 264 g/mol. The molecule has 0 spiro atoms. The molecule has 0 amide bonds. The summed E-state index contributed by atoms with van der Waals surface area (Å²) in [5.41, 5.74) is -0.281. The number of carboxylic acids is 1. The number of anilines is 1. The predicted molar refractivity (Wildman–Crippen MR) is 70.2 cm³/mol. The molecule has 0 saturated heterocycles. The molecule has 2 N–H and O–H groups in total. The van der Waals surface area contributed by atoms with Crippen LogP contribution in [0, 0.1) is 23.0 Å². The van der Waals surface area contributed by atoms with Gasteiger partial charge in [-0.15, -0.1) is 0 Å². The largest absolute Gasteiger partial charge is 0.480 e. The highest BCUT2D eigenvalue weighted by Crippen LogP contribution is 2.43. The van der Waals surface area contributed by atoms with E-state index in [1.165, 1.54) is 6.07 Å². The van der Waals surface area contributed by atoms with Gasteiger partial charge in [0.15, 0.2) is 0 Å². The van der Waals surface area contributed by atoms with E-state index in [1.54, 1.807) is 26.0 Å². The summed E-state index contributed by atoms with van der Waals surface area (Å²) >= 11 is 0. The van der Waals surface area contributed by atoms with Crippen LogP contribution in [0.3, 0.4) is 0 Å². The molecule has 1 aromatic rings. The van der Waals surface area contributed by atoms with Crippen molar-refractivity contribution in [1.29, 1.82) is 0 Å². The fraction of sp³-hybridized carbons (Fsp3) is 0.462. The first-order valence-electron chi connectivity index (χ1n) is 6.12. The third-order valence-corrected chi connectivity index (χ3v) is 3.67. The molecule has 102 valence electrons. The molecule has 0 bridgehead atoms. The molecule has 19 heavy (non-hydrogen) atoms. The van der Waals surface area contributed by atoms with E-state index in [0.717, 1.165) is 12.8 Å². The van der Waals surface area contributed by atoms with Crippen molar-refractivity contribution < 1.29 is 14.8 Å². The standard InChI is InChI=1S/C13H16N2O4/c1-8-4-3-5-10(15(18)19)11(8)14-13(2,12(16)17)9-6-7-9/h3-5,9,14H,6-7H2,1-2H3,(H,16,17). The van der Waals surface area contributed by atoms with E-state index >= 15 is 0 Å². The summed E-state index contributed by atoms with van der Waals surface area (Å²) in [5, 5.41) is 23.3. The van der Waals surface area contributed by atoms with Crippen LogP contribution >= 0.6 is 0 Å². The van der Waals surface area contributed by atoms with Gasteiger partial charge in [0, 0.05) is 6.07 Å². The van der Waals surface area contributed by atoms with Crippen LogP contribution in [0.4, 0.5) is 11.4 Å². The number of rotatable bonds is 5. The van der Waals surface area contributed by atoms with Crippen LogP contribution in [-0.2, 0) is 4.79 Å². The summed E-state index contributed by atoms with van der Waals surface area (Å²) in [7, 11) is 0. The second-order valence-corrected chi connectivity index (χ2v) is 5.13. The maximum Gasteiger partial charge on any atom is 0.329 e. The van der Waals surface area contributed by atoms with Gasteiger partial charge >= 0.3 is 5.97 Å². The Morgan fingerprint density at radius 1 is 1.53 bits per heavy atom. The number of carbonyl (C=O) groups is 1. The molecule has 0 heterocycles. The number of aryl methyl sites for hydroxylation is 1. The van der Waals surface area contributed by atoms with Crippen molar-refractivity contribution in [3.8, 4) is 0 Å². The lowest BCUT2D eigenvalue weighted by Gasteiger charge is -2.28. The molecule has 1 aromatic carbocycles. The van der Waals surface area contributed by atoms with Crippen LogP contribution < -0.4 is 5.32 Å². The first kappa shape index (κ1) is 13.3. The van der Waals surface area contributed by atoms with Crippen LogP contribution in [0.5, 0.6) is 0 Å². The highest BCUT2D eigenvalue weighted by molar-refractivity contribution is 5.85. The summed E-state index contributed by atoms with van der Waals surface area (Å²) < 4.78 is 0. The Morgan fingerprint density at radius 2 is 2.16 bits per heavy atom. The summed E-state index contributed by atoms with van der Waals surface area (Å²) in [6.45, 7) is 3.31. The van der Waals surface area contributed by atoms with Gasteiger partial charge in [-0.2, -0.15) is 0 Å². The van der Waals surface area contributed by atoms with Crippen molar-refractivity contribution in [3.63, 3.8) is 0 Å². The van der Waals surface area contributed by atoms with Gasteiger partial charge in [-0.05, 0) is 38.2 Å². The van der Waals surface area contributed by atoms with Gasteiger partial charge in [0.05, 0.1) is 4.92 Å². The molecule has 0 radical (unpaired) electrons. The first-order chi connectivity index (χ1) is 8.86. The van der Waals surface area contributed by atoms with Gasteiger partial charge in [-0.1, -0.05) is 12.1 Å². The minimum atomic E-state index is -1.16. The van der Waals surface area contributed by atoms with Gasteiger partial charge in [-0.3, -0.25) is 10.1 Å².